The summed E-state index contributed by atoms with van der Waals surface area (Å²) in [5.74, 6) is 0.973. The number of likely N-dealkylation sites (tertiary alicyclic amines) is 1. The van der Waals surface area contributed by atoms with E-state index in [1.165, 1.54) is 6.42 Å². The third-order valence-corrected chi connectivity index (χ3v) is 7.26. The predicted octanol–water partition coefficient (Wildman–Crippen LogP) is 6.75. The van der Waals surface area contributed by atoms with Gasteiger partial charge in [-0.3, -0.25) is 4.79 Å². The van der Waals surface area contributed by atoms with E-state index in [0.29, 0.717) is 38.8 Å². The molecule has 2 unspecified atom stereocenters. The summed E-state index contributed by atoms with van der Waals surface area (Å²) in [5.41, 5.74) is 2.69. The first-order chi connectivity index (χ1) is 16.3. The number of urea groups is 1. The minimum absolute atomic E-state index is 0.0107. The van der Waals surface area contributed by atoms with Crippen LogP contribution in [0.1, 0.15) is 49.9 Å². The molecule has 34 heavy (non-hydrogen) atoms. The maximum absolute atomic E-state index is 13.3. The van der Waals surface area contributed by atoms with E-state index in [-0.39, 0.29) is 5.91 Å². The number of anilines is 3. The van der Waals surface area contributed by atoms with Crippen LogP contribution >= 0.6 is 23.2 Å². The molecule has 0 aliphatic carbocycles. The number of nitrogens with zero attached hydrogens (tertiary/aromatic N) is 2. The third kappa shape index (κ3) is 5.97. The highest BCUT2D eigenvalue weighted by Gasteiger charge is 2.27. The van der Waals surface area contributed by atoms with Gasteiger partial charge in [-0.15, -0.1) is 0 Å². The highest BCUT2D eigenvalue weighted by molar-refractivity contribution is 6.42. The number of hydrogen-bond acceptors (Lipinski definition) is 3. The van der Waals surface area contributed by atoms with E-state index in [0.717, 1.165) is 51.1 Å². The number of hydrogen-bond donors (Lipinski definition) is 2. The molecule has 182 valence electrons. The Bertz CT molecular complexity index is 1050. The topological polar surface area (TPSA) is 64.7 Å². The fourth-order valence-electron chi connectivity index (χ4n) is 5.05. The predicted molar refractivity (Wildman–Crippen MR) is 140 cm³/mol. The minimum Gasteiger partial charge on any atom is -0.370 e. The van der Waals surface area contributed by atoms with E-state index in [2.05, 4.69) is 29.4 Å². The zero-order valence-electron chi connectivity index (χ0n) is 19.7. The first-order valence-corrected chi connectivity index (χ1v) is 12.8. The Morgan fingerprint density at radius 2 is 1.59 bits per heavy atom. The van der Waals surface area contributed by atoms with Crippen LogP contribution in [0.5, 0.6) is 0 Å². The van der Waals surface area contributed by atoms with Gasteiger partial charge >= 0.3 is 6.03 Å². The molecular weight excluding hydrogens is 471 g/mol. The van der Waals surface area contributed by atoms with Gasteiger partial charge in [0.05, 0.1) is 21.4 Å². The second-order valence-corrected chi connectivity index (χ2v) is 10.5. The van der Waals surface area contributed by atoms with E-state index in [4.69, 9.17) is 23.2 Å². The average molecular weight is 503 g/mol. The maximum Gasteiger partial charge on any atom is 0.323 e. The quantitative estimate of drug-likeness (QED) is 0.485. The maximum atomic E-state index is 13.3. The van der Waals surface area contributed by atoms with Crippen molar-refractivity contribution in [3.8, 4) is 0 Å². The average Bonchev–Trinajstić information content (AvgIpc) is 2.81. The Balaban J connectivity index is 1.57. The van der Waals surface area contributed by atoms with E-state index in [1.807, 2.05) is 23.1 Å². The molecule has 0 bridgehead atoms. The number of nitrogens with one attached hydrogen (secondary N) is 2. The second-order valence-electron chi connectivity index (χ2n) is 9.64. The monoisotopic (exact) mass is 502 g/mol. The molecular formula is C26H32Cl2N4O2. The van der Waals surface area contributed by atoms with Gasteiger partial charge in [-0.05, 0) is 73.9 Å². The molecule has 2 aliphatic heterocycles. The standard InChI is InChI=1S/C26H32Cl2N4O2/c1-17-12-18(2)16-32(15-17)25(33)19-6-9-24(31-10-4-3-5-11-31)23(13-19)30-26(34)29-20-7-8-21(27)22(28)14-20/h6-9,13-14,17-18H,3-5,10-12,15-16H2,1-2H3,(H2,29,30,34). The molecule has 2 aromatic rings. The SMILES string of the molecule is CC1CC(C)CN(C(=O)c2ccc(N3CCCCC3)c(NC(=O)Nc3ccc(Cl)c(Cl)c3)c2)C1. The molecule has 2 aromatic carbocycles. The van der Waals surface area contributed by atoms with Crippen molar-refractivity contribution in [1.82, 2.24) is 4.90 Å². The molecule has 8 heteroatoms. The van der Waals surface area contributed by atoms with Gasteiger partial charge in [0.15, 0.2) is 0 Å². The molecule has 2 atom stereocenters. The lowest BCUT2D eigenvalue weighted by molar-refractivity contribution is 0.0623. The Hall–Kier alpha value is -2.44. The van der Waals surface area contributed by atoms with Crippen LogP contribution in [-0.2, 0) is 0 Å². The van der Waals surface area contributed by atoms with Gasteiger partial charge in [-0.25, -0.2) is 4.79 Å². The molecule has 0 aromatic heterocycles. The molecule has 0 saturated carbocycles. The zero-order chi connectivity index (χ0) is 24.2. The summed E-state index contributed by atoms with van der Waals surface area (Å²) in [6.07, 6.45) is 4.57. The number of carbonyl (C=O) groups is 2. The lowest BCUT2D eigenvalue weighted by Gasteiger charge is -2.35. The van der Waals surface area contributed by atoms with Crippen LogP contribution in [0.25, 0.3) is 0 Å². The van der Waals surface area contributed by atoms with E-state index < -0.39 is 6.03 Å². The molecule has 6 nitrogen and oxygen atoms in total. The number of benzene rings is 2. The number of rotatable bonds is 4. The molecule has 2 N–H and O–H groups in total. The van der Waals surface area contributed by atoms with Crippen LogP contribution in [0.3, 0.4) is 0 Å². The summed E-state index contributed by atoms with van der Waals surface area (Å²) in [6, 6.07) is 10.2. The van der Waals surface area contributed by atoms with Crippen molar-refractivity contribution in [2.24, 2.45) is 11.8 Å². The number of piperidine rings is 2. The fourth-order valence-corrected chi connectivity index (χ4v) is 5.35. The van der Waals surface area contributed by atoms with Crippen molar-refractivity contribution in [3.05, 3.63) is 52.0 Å². The van der Waals surface area contributed by atoms with Gasteiger partial charge in [-0.2, -0.15) is 0 Å². The Kier molecular flexibility index (Phi) is 7.89. The minimum atomic E-state index is -0.401. The normalized spacial score (nSPS) is 20.7. The lowest BCUT2D eigenvalue weighted by Crippen LogP contribution is -2.42. The summed E-state index contributed by atoms with van der Waals surface area (Å²) >= 11 is 12.1. The molecule has 0 radical (unpaired) electrons. The lowest BCUT2D eigenvalue weighted by atomic mass is 9.91. The van der Waals surface area contributed by atoms with Gasteiger partial charge < -0.3 is 20.4 Å². The van der Waals surface area contributed by atoms with Gasteiger partial charge in [-0.1, -0.05) is 37.0 Å². The third-order valence-electron chi connectivity index (χ3n) is 6.52. The van der Waals surface area contributed by atoms with Crippen LogP contribution in [0, 0.1) is 11.8 Å². The Morgan fingerprint density at radius 3 is 2.26 bits per heavy atom. The largest absolute Gasteiger partial charge is 0.370 e. The highest BCUT2D eigenvalue weighted by Crippen LogP contribution is 2.32. The van der Waals surface area contributed by atoms with Gasteiger partial charge in [0.25, 0.3) is 5.91 Å². The molecule has 4 rings (SSSR count). The van der Waals surface area contributed by atoms with Crippen LogP contribution < -0.4 is 15.5 Å². The fraction of sp³-hybridized carbons (Fsp3) is 0.462. The summed E-state index contributed by atoms with van der Waals surface area (Å²) < 4.78 is 0. The smallest absolute Gasteiger partial charge is 0.323 e. The van der Waals surface area contributed by atoms with Gasteiger partial charge in [0, 0.05) is 37.4 Å². The molecule has 2 saturated heterocycles. The van der Waals surface area contributed by atoms with Crippen molar-refractivity contribution in [1.29, 1.82) is 0 Å². The highest BCUT2D eigenvalue weighted by atomic mass is 35.5. The Labute approximate surface area is 211 Å². The first kappa shape index (κ1) is 24.7. The van der Waals surface area contributed by atoms with Crippen LogP contribution in [0.15, 0.2) is 36.4 Å². The van der Waals surface area contributed by atoms with Crippen molar-refractivity contribution in [3.63, 3.8) is 0 Å². The van der Waals surface area contributed by atoms with Crippen molar-refractivity contribution >= 4 is 52.2 Å². The Morgan fingerprint density at radius 1 is 0.882 bits per heavy atom. The molecule has 2 fully saturated rings. The second kappa shape index (κ2) is 10.9. The van der Waals surface area contributed by atoms with Crippen molar-refractivity contribution < 1.29 is 9.59 Å². The summed E-state index contributed by atoms with van der Waals surface area (Å²) in [7, 11) is 0. The van der Waals surface area contributed by atoms with Gasteiger partial charge in [0.2, 0.25) is 0 Å². The summed E-state index contributed by atoms with van der Waals surface area (Å²) in [6.45, 7) is 7.76. The summed E-state index contributed by atoms with van der Waals surface area (Å²) in [4.78, 5) is 30.4. The number of amides is 3. The molecule has 0 spiro atoms. The van der Waals surface area contributed by atoms with E-state index in [1.54, 1.807) is 18.2 Å². The van der Waals surface area contributed by atoms with E-state index in [9.17, 15) is 9.59 Å². The number of halogens is 2. The van der Waals surface area contributed by atoms with Crippen molar-refractivity contribution in [2.45, 2.75) is 39.5 Å². The van der Waals surface area contributed by atoms with Crippen LogP contribution in [-0.4, -0.2) is 43.0 Å². The summed E-state index contributed by atoms with van der Waals surface area (Å²) in [5, 5.41) is 6.56. The molecule has 3 amide bonds. The van der Waals surface area contributed by atoms with Crippen LogP contribution in [0.4, 0.5) is 21.9 Å². The van der Waals surface area contributed by atoms with E-state index >= 15 is 0 Å². The zero-order valence-corrected chi connectivity index (χ0v) is 21.3. The van der Waals surface area contributed by atoms with Crippen molar-refractivity contribution in [2.75, 3.05) is 41.7 Å². The van der Waals surface area contributed by atoms with Gasteiger partial charge in [0.1, 0.15) is 0 Å². The first-order valence-electron chi connectivity index (χ1n) is 12.0. The number of carbonyl (C=O) groups excluding carboxylic acids is 2. The molecule has 2 heterocycles. The molecule has 2 aliphatic rings. The van der Waals surface area contributed by atoms with Crippen LogP contribution in [0.2, 0.25) is 10.0 Å².